The van der Waals surface area contributed by atoms with E-state index in [9.17, 15) is 0 Å². The quantitative estimate of drug-likeness (QED) is 0.117. The lowest BCUT2D eigenvalue weighted by atomic mass is 9.62. The Hall–Kier alpha value is -9.56. The molecule has 14 rings (SSSR count). The van der Waals surface area contributed by atoms with Crippen LogP contribution in [0.25, 0.3) is 50.1 Å². The lowest BCUT2D eigenvalue weighted by Gasteiger charge is -2.40. The number of hydrogen-bond donors (Lipinski definition) is 0. The number of fused-ring (bicyclic) bond motifs is 7. The molecule has 84 heavy (non-hydrogen) atoms. The molecule has 1 heteroatoms. The van der Waals surface area contributed by atoms with Crippen molar-refractivity contribution in [1.82, 2.24) is 0 Å². The third-order valence-corrected chi connectivity index (χ3v) is 18.9. The molecule has 1 nitrogen and oxygen atoms in total. The summed E-state index contributed by atoms with van der Waals surface area (Å²) in [7, 11) is 0. The first kappa shape index (κ1) is 52.5. The first-order chi connectivity index (χ1) is 41.3. The van der Waals surface area contributed by atoms with Crippen molar-refractivity contribution in [1.29, 1.82) is 0 Å². The van der Waals surface area contributed by atoms with E-state index in [1.165, 1.54) is 106 Å². The summed E-state index contributed by atoms with van der Waals surface area (Å²) in [4.78, 5) is 2.51. The highest BCUT2D eigenvalue weighted by molar-refractivity contribution is 5.95. The fraction of sp³-hybridized carbons (Fsp3) is 0.133. The summed E-state index contributed by atoms with van der Waals surface area (Å²) in [5.41, 5.74) is 26.8. The van der Waals surface area contributed by atoms with Crippen molar-refractivity contribution in [3.63, 3.8) is 0 Å². The van der Waals surface area contributed by atoms with E-state index in [2.05, 4.69) is 336 Å². The number of rotatable bonds is 11. The van der Waals surface area contributed by atoms with Crippen LogP contribution in [0.2, 0.25) is 0 Å². The highest BCUT2D eigenvalue weighted by Crippen LogP contribution is 2.61. The smallest absolute Gasteiger partial charge is 0.0529 e. The van der Waals surface area contributed by atoms with E-state index in [1.54, 1.807) is 0 Å². The Morgan fingerprint density at radius 3 is 1.77 bits per heavy atom. The Morgan fingerprint density at radius 2 is 1.08 bits per heavy atom. The standard InChI is InChI=1S/C83H69N/c1-5-26-58(6-2)59-45-48-69(49-46-59)84(70-50-52-73-72-39-22-23-41-75(72)81(3,4)78(73)57-70)68-38-24-29-61-43-44-62(55-77(61)82(54-53-68,64-30-14-8-15-31-64)65-32-16-9-17-33-65)63-47-51-74-79(56-63)83(66-34-18-10-19-35-66,67-36-20-11-21-37-67)76-42-25-40-71(80(74)76)60-27-12-7-13-28-60/h5-28,30-36,38-53,55-57,67H,29,37,54H2,1-4H3/b26-5-,38-24-,58-6+,68-53+. The average molecular weight is 1080 g/mol. The molecule has 0 saturated carbocycles. The summed E-state index contributed by atoms with van der Waals surface area (Å²) in [5.74, 6) is 0.197. The molecular weight excluding hydrogens is 1010 g/mol. The normalized spacial score (nSPS) is 18.9. The van der Waals surface area contributed by atoms with Crippen LogP contribution >= 0.6 is 0 Å². The van der Waals surface area contributed by atoms with E-state index >= 15 is 0 Å². The van der Waals surface area contributed by atoms with Crippen molar-refractivity contribution >= 4 is 16.9 Å². The fourth-order valence-electron chi connectivity index (χ4n) is 15.0. The van der Waals surface area contributed by atoms with Gasteiger partial charge in [-0.25, -0.2) is 0 Å². The summed E-state index contributed by atoms with van der Waals surface area (Å²) in [5, 5.41) is 0. The van der Waals surface area contributed by atoms with Gasteiger partial charge in [-0.3, -0.25) is 0 Å². The largest absolute Gasteiger partial charge is 0.311 e. The van der Waals surface area contributed by atoms with Gasteiger partial charge in [-0.2, -0.15) is 0 Å². The number of allylic oxidation sites excluding steroid dienone is 11. The van der Waals surface area contributed by atoms with Gasteiger partial charge in [-0.15, -0.1) is 0 Å². The van der Waals surface area contributed by atoms with Crippen LogP contribution in [0, 0.1) is 5.92 Å². The summed E-state index contributed by atoms with van der Waals surface area (Å²) < 4.78 is 0. The average Bonchev–Trinajstić information content (AvgIpc) is 2.54. The predicted octanol–water partition coefficient (Wildman–Crippen LogP) is 21.3. The molecule has 0 spiro atoms. The van der Waals surface area contributed by atoms with Crippen molar-refractivity contribution in [3.05, 3.63) is 365 Å². The molecule has 2 atom stereocenters. The zero-order chi connectivity index (χ0) is 56.8. The van der Waals surface area contributed by atoms with Crippen LogP contribution in [0.1, 0.15) is 96.2 Å². The highest BCUT2D eigenvalue weighted by atomic mass is 15.1. The number of nitrogens with zero attached hydrogens (tertiary/aromatic N) is 1. The summed E-state index contributed by atoms with van der Waals surface area (Å²) >= 11 is 0. The number of benzene rings is 10. The Kier molecular flexibility index (Phi) is 13.5. The monoisotopic (exact) mass is 1080 g/mol. The van der Waals surface area contributed by atoms with E-state index in [1.807, 2.05) is 0 Å². The molecule has 0 saturated heterocycles. The van der Waals surface area contributed by atoms with Gasteiger partial charge in [0, 0.05) is 27.9 Å². The maximum atomic E-state index is 2.57. The minimum absolute atomic E-state index is 0.163. The molecule has 0 fully saturated rings. The third kappa shape index (κ3) is 8.59. The van der Waals surface area contributed by atoms with Gasteiger partial charge in [0.1, 0.15) is 0 Å². The maximum Gasteiger partial charge on any atom is 0.0529 e. The van der Waals surface area contributed by atoms with Crippen molar-refractivity contribution in [2.45, 2.75) is 63.2 Å². The van der Waals surface area contributed by atoms with Gasteiger partial charge in [0.05, 0.1) is 5.41 Å². The molecule has 0 amide bonds. The van der Waals surface area contributed by atoms with Gasteiger partial charge in [0.15, 0.2) is 0 Å². The third-order valence-electron chi connectivity index (χ3n) is 18.9. The van der Waals surface area contributed by atoms with Gasteiger partial charge in [-0.05, 0) is 187 Å². The zero-order valence-corrected chi connectivity index (χ0v) is 48.5. The Bertz CT molecular complexity index is 4260. The van der Waals surface area contributed by atoms with Gasteiger partial charge >= 0.3 is 0 Å². The van der Waals surface area contributed by atoms with Crippen LogP contribution in [0.15, 0.2) is 309 Å². The van der Waals surface area contributed by atoms with Crippen molar-refractivity contribution in [2.24, 2.45) is 5.92 Å². The van der Waals surface area contributed by atoms with Crippen LogP contribution < -0.4 is 4.90 Å². The molecule has 0 N–H and O–H groups in total. The molecule has 0 aliphatic heterocycles. The molecule has 4 aliphatic carbocycles. The number of anilines is 2. The van der Waals surface area contributed by atoms with Gasteiger partial charge < -0.3 is 4.90 Å². The van der Waals surface area contributed by atoms with Crippen LogP contribution in [0.5, 0.6) is 0 Å². The number of hydrogen-bond acceptors (Lipinski definition) is 1. The van der Waals surface area contributed by atoms with E-state index in [0.29, 0.717) is 6.42 Å². The highest BCUT2D eigenvalue weighted by Gasteiger charge is 2.50. The lowest BCUT2D eigenvalue weighted by Crippen LogP contribution is -2.35. The Balaban J connectivity index is 0.969. The SMILES string of the molecule is C/C=C\C(=C/C)c1ccc(N(C2=C/CC(c3ccccc3)(c3ccccc3)c3cc(-c4ccc5c(c4)C(c4ccccc4)(C4C=CC=CC4)c4cccc(-c6ccccc6)c4-5)ccc3C/C=C\2)c2ccc3c(c2)C(C)(C)c2ccccc2-3)cc1. The predicted molar refractivity (Wildman–Crippen MR) is 355 cm³/mol. The fourth-order valence-corrected chi connectivity index (χ4v) is 15.0. The van der Waals surface area contributed by atoms with Crippen molar-refractivity contribution < 1.29 is 0 Å². The van der Waals surface area contributed by atoms with E-state index in [-0.39, 0.29) is 11.3 Å². The second-order valence-electron chi connectivity index (χ2n) is 23.7. The Labute approximate surface area is 497 Å². The lowest BCUT2D eigenvalue weighted by molar-refractivity contribution is 0.457. The zero-order valence-electron chi connectivity index (χ0n) is 48.5. The molecule has 4 aliphatic rings. The van der Waals surface area contributed by atoms with Gasteiger partial charge in [-0.1, -0.05) is 275 Å². The molecule has 0 heterocycles. The van der Waals surface area contributed by atoms with Crippen LogP contribution in [0.3, 0.4) is 0 Å². The Morgan fingerprint density at radius 1 is 0.476 bits per heavy atom. The summed E-state index contributed by atoms with van der Waals surface area (Å²) in [6.07, 6.45) is 25.6. The molecular formula is C83H69N. The second kappa shape index (κ2) is 21.6. The molecule has 406 valence electrons. The van der Waals surface area contributed by atoms with Crippen molar-refractivity contribution in [3.8, 4) is 44.5 Å². The first-order valence-electron chi connectivity index (χ1n) is 30.1. The minimum atomic E-state index is -0.583. The summed E-state index contributed by atoms with van der Waals surface area (Å²) in [6, 6.07) is 92.2. The van der Waals surface area contributed by atoms with E-state index in [0.717, 1.165) is 29.9 Å². The summed E-state index contributed by atoms with van der Waals surface area (Å²) in [6.45, 7) is 8.98. The van der Waals surface area contributed by atoms with Gasteiger partial charge in [0.2, 0.25) is 0 Å². The molecule has 2 unspecified atom stereocenters. The van der Waals surface area contributed by atoms with Crippen molar-refractivity contribution in [2.75, 3.05) is 4.90 Å². The molecule has 10 aromatic carbocycles. The van der Waals surface area contributed by atoms with Gasteiger partial charge in [0.25, 0.3) is 0 Å². The topological polar surface area (TPSA) is 3.24 Å². The first-order valence-corrected chi connectivity index (χ1v) is 30.1. The van der Waals surface area contributed by atoms with E-state index < -0.39 is 10.8 Å². The van der Waals surface area contributed by atoms with Crippen LogP contribution in [-0.4, -0.2) is 0 Å². The molecule has 0 radical (unpaired) electrons. The second-order valence-corrected chi connectivity index (χ2v) is 23.7. The van der Waals surface area contributed by atoms with Crippen LogP contribution in [-0.2, 0) is 22.7 Å². The van der Waals surface area contributed by atoms with E-state index in [4.69, 9.17) is 0 Å². The molecule has 10 aromatic rings. The minimum Gasteiger partial charge on any atom is -0.311 e. The molecule has 0 aromatic heterocycles. The van der Waals surface area contributed by atoms with Crippen LogP contribution in [0.4, 0.5) is 11.4 Å². The molecule has 0 bridgehead atoms. The maximum absolute atomic E-state index is 2.57.